The topological polar surface area (TPSA) is 44.7 Å². The molecule has 0 spiro atoms. The third kappa shape index (κ3) is 5.51. The number of nitrogens with one attached hydrogen (secondary N) is 1. The molecule has 124 valence electrons. The van der Waals surface area contributed by atoms with Crippen LogP contribution in [0.4, 0.5) is 0 Å². The smallest absolute Gasteiger partial charge is 0.0777 e. The molecule has 2 N–H and O–H groups in total. The molecular formula is C17H34N2O2. The van der Waals surface area contributed by atoms with Crippen molar-refractivity contribution >= 4 is 0 Å². The standard InChI is InChI=1S/C17H34N2O2/c1-16(14-20,18-15-7-8-15)9-4-5-11-19-12-6-10-17(2,13-19)21-3/h15,18,20H,4-14H2,1-3H3. The van der Waals surface area contributed by atoms with E-state index in [1.807, 2.05) is 7.11 Å². The van der Waals surface area contributed by atoms with Crippen molar-refractivity contribution in [2.45, 2.75) is 76.0 Å². The largest absolute Gasteiger partial charge is 0.394 e. The third-order valence-corrected chi connectivity index (χ3v) is 5.16. The SMILES string of the molecule is COC1(C)CCCN(CCCCC(C)(CO)NC2CC2)C1. The van der Waals surface area contributed by atoms with Gasteiger partial charge in [-0.25, -0.2) is 0 Å². The Morgan fingerprint density at radius 2 is 2.14 bits per heavy atom. The maximum atomic E-state index is 9.62. The van der Waals surface area contributed by atoms with Gasteiger partial charge in [0.1, 0.15) is 0 Å². The van der Waals surface area contributed by atoms with Crippen LogP contribution in [0.3, 0.4) is 0 Å². The molecule has 4 heteroatoms. The Morgan fingerprint density at radius 3 is 2.76 bits per heavy atom. The zero-order valence-corrected chi connectivity index (χ0v) is 14.2. The highest BCUT2D eigenvalue weighted by atomic mass is 16.5. The van der Waals surface area contributed by atoms with Gasteiger partial charge in [0.25, 0.3) is 0 Å². The molecule has 2 atom stereocenters. The highest BCUT2D eigenvalue weighted by molar-refractivity contribution is 4.92. The van der Waals surface area contributed by atoms with Gasteiger partial charge in [-0.05, 0) is 65.5 Å². The molecule has 0 amide bonds. The van der Waals surface area contributed by atoms with Gasteiger partial charge >= 0.3 is 0 Å². The summed E-state index contributed by atoms with van der Waals surface area (Å²) in [5.74, 6) is 0. The Balaban J connectivity index is 1.64. The number of hydrogen-bond donors (Lipinski definition) is 2. The van der Waals surface area contributed by atoms with Crippen LogP contribution in [0, 0.1) is 0 Å². The van der Waals surface area contributed by atoms with Gasteiger partial charge in [0.2, 0.25) is 0 Å². The van der Waals surface area contributed by atoms with Gasteiger partial charge in [0, 0.05) is 25.2 Å². The van der Waals surface area contributed by atoms with Crippen LogP contribution in [0.25, 0.3) is 0 Å². The summed E-state index contributed by atoms with van der Waals surface area (Å²) in [5, 5.41) is 13.2. The lowest BCUT2D eigenvalue weighted by atomic mass is 9.93. The molecule has 1 saturated carbocycles. The third-order valence-electron chi connectivity index (χ3n) is 5.16. The summed E-state index contributed by atoms with van der Waals surface area (Å²) in [6, 6.07) is 0.659. The van der Waals surface area contributed by atoms with Crippen molar-refractivity contribution < 1.29 is 9.84 Å². The fraction of sp³-hybridized carbons (Fsp3) is 1.00. The lowest BCUT2D eigenvalue weighted by Crippen LogP contribution is -2.48. The normalized spacial score (nSPS) is 30.3. The van der Waals surface area contributed by atoms with E-state index in [1.165, 1.54) is 45.1 Å². The fourth-order valence-electron chi connectivity index (χ4n) is 3.43. The Labute approximate surface area is 130 Å². The fourth-order valence-corrected chi connectivity index (χ4v) is 3.43. The monoisotopic (exact) mass is 298 g/mol. The van der Waals surface area contributed by atoms with Crippen molar-refractivity contribution in [3.63, 3.8) is 0 Å². The Hall–Kier alpha value is -0.160. The zero-order chi connectivity index (χ0) is 15.3. The van der Waals surface area contributed by atoms with Gasteiger partial charge in [-0.15, -0.1) is 0 Å². The van der Waals surface area contributed by atoms with Gasteiger partial charge in [-0.2, -0.15) is 0 Å². The number of aliphatic hydroxyl groups is 1. The first-order chi connectivity index (χ1) is 9.99. The molecule has 0 aromatic rings. The van der Waals surface area contributed by atoms with Crippen molar-refractivity contribution in [3.05, 3.63) is 0 Å². The van der Waals surface area contributed by atoms with E-state index in [0.717, 1.165) is 19.5 Å². The lowest BCUT2D eigenvalue weighted by Gasteiger charge is -2.39. The summed E-state index contributed by atoms with van der Waals surface area (Å²) in [6.07, 6.45) is 8.42. The summed E-state index contributed by atoms with van der Waals surface area (Å²) in [6.45, 7) is 8.05. The van der Waals surface area contributed by atoms with Gasteiger partial charge in [0.15, 0.2) is 0 Å². The summed E-state index contributed by atoms with van der Waals surface area (Å²) < 4.78 is 5.65. The Kier molecular flexibility index (Phi) is 6.06. The zero-order valence-electron chi connectivity index (χ0n) is 14.2. The molecule has 0 aromatic carbocycles. The molecule has 2 fully saturated rings. The molecule has 0 radical (unpaired) electrons. The average Bonchev–Trinajstić information content (AvgIpc) is 3.28. The van der Waals surface area contributed by atoms with Crippen LogP contribution in [0.5, 0.6) is 0 Å². The minimum Gasteiger partial charge on any atom is -0.394 e. The second-order valence-corrected chi connectivity index (χ2v) is 7.63. The summed E-state index contributed by atoms with van der Waals surface area (Å²) in [7, 11) is 1.83. The van der Waals surface area contributed by atoms with Crippen LogP contribution in [0.2, 0.25) is 0 Å². The van der Waals surface area contributed by atoms with Crippen molar-refractivity contribution in [2.75, 3.05) is 33.4 Å². The molecule has 2 aliphatic rings. The quantitative estimate of drug-likeness (QED) is 0.640. The number of unbranched alkanes of at least 4 members (excludes halogenated alkanes) is 1. The van der Waals surface area contributed by atoms with Crippen LogP contribution >= 0.6 is 0 Å². The van der Waals surface area contributed by atoms with Crippen LogP contribution in [0.15, 0.2) is 0 Å². The molecule has 21 heavy (non-hydrogen) atoms. The van der Waals surface area contributed by atoms with E-state index in [-0.39, 0.29) is 17.7 Å². The van der Waals surface area contributed by atoms with E-state index < -0.39 is 0 Å². The predicted molar refractivity (Wildman–Crippen MR) is 86.6 cm³/mol. The van der Waals surface area contributed by atoms with Crippen molar-refractivity contribution in [1.29, 1.82) is 0 Å². The molecule has 1 aliphatic carbocycles. The number of nitrogens with zero attached hydrogens (tertiary/aromatic N) is 1. The van der Waals surface area contributed by atoms with E-state index in [0.29, 0.717) is 6.04 Å². The summed E-state index contributed by atoms with van der Waals surface area (Å²) in [5.41, 5.74) is -0.0322. The van der Waals surface area contributed by atoms with E-state index >= 15 is 0 Å². The average molecular weight is 298 g/mol. The number of ether oxygens (including phenoxy) is 1. The van der Waals surface area contributed by atoms with Crippen LogP contribution in [0.1, 0.15) is 58.8 Å². The molecule has 1 heterocycles. The number of aliphatic hydroxyl groups excluding tert-OH is 1. The first-order valence-electron chi connectivity index (χ1n) is 8.65. The predicted octanol–water partition coefficient (Wildman–Crippen LogP) is 2.16. The Bertz CT molecular complexity index is 322. The van der Waals surface area contributed by atoms with Crippen LogP contribution in [-0.4, -0.2) is 60.5 Å². The highest BCUT2D eigenvalue weighted by Crippen LogP contribution is 2.26. The molecule has 1 saturated heterocycles. The van der Waals surface area contributed by atoms with Gasteiger partial charge < -0.3 is 20.1 Å². The van der Waals surface area contributed by atoms with Crippen molar-refractivity contribution in [1.82, 2.24) is 10.2 Å². The number of methoxy groups -OCH3 is 1. The first-order valence-corrected chi connectivity index (χ1v) is 8.65. The van der Waals surface area contributed by atoms with E-state index in [9.17, 15) is 5.11 Å². The molecule has 0 aromatic heterocycles. The maximum Gasteiger partial charge on any atom is 0.0777 e. The second-order valence-electron chi connectivity index (χ2n) is 7.63. The van der Waals surface area contributed by atoms with Crippen LogP contribution in [-0.2, 0) is 4.74 Å². The molecular weight excluding hydrogens is 264 g/mol. The summed E-state index contributed by atoms with van der Waals surface area (Å²) in [4.78, 5) is 2.54. The second kappa shape index (κ2) is 7.40. The van der Waals surface area contributed by atoms with Gasteiger partial charge in [-0.1, -0.05) is 6.42 Å². The Morgan fingerprint density at radius 1 is 1.38 bits per heavy atom. The van der Waals surface area contributed by atoms with Gasteiger partial charge in [-0.3, -0.25) is 0 Å². The van der Waals surface area contributed by atoms with E-state index in [4.69, 9.17) is 4.74 Å². The summed E-state index contributed by atoms with van der Waals surface area (Å²) >= 11 is 0. The number of likely N-dealkylation sites (tertiary alicyclic amines) is 1. The van der Waals surface area contributed by atoms with Crippen LogP contribution < -0.4 is 5.32 Å². The lowest BCUT2D eigenvalue weighted by molar-refractivity contribution is -0.0509. The highest BCUT2D eigenvalue weighted by Gasteiger charge is 2.32. The maximum absolute atomic E-state index is 9.62. The number of hydrogen-bond acceptors (Lipinski definition) is 4. The first kappa shape index (κ1) is 17.2. The molecule has 2 rings (SSSR count). The molecule has 2 unspecified atom stereocenters. The number of piperidine rings is 1. The van der Waals surface area contributed by atoms with Gasteiger partial charge in [0.05, 0.1) is 12.2 Å². The van der Waals surface area contributed by atoms with E-state index in [1.54, 1.807) is 0 Å². The number of rotatable bonds is 9. The molecule has 4 nitrogen and oxygen atoms in total. The minimum atomic E-state index is -0.0793. The van der Waals surface area contributed by atoms with Crippen molar-refractivity contribution in [2.24, 2.45) is 0 Å². The molecule has 1 aliphatic heterocycles. The molecule has 0 bridgehead atoms. The minimum absolute atomic E-state index is 0.0470. The van der Waals surface area contributed by atoms with E-state index in [2.05, 4.69) is 24.1 Å². The van der Waals surface area contributed by atoms with Crippen molar-refractivity contribution in [3.8, 4) is 0 Å².